The van der Waals surface area contributed by atoms with Gasteiger partial charge in [-0.3, -0.25) is 19.8 Å². The summed E-state index contributed by atoms with van der Waals surface area (Å²) in [4.78, 5) is 37.5. The van der Waals surface area contributed by atoms with Gasteiger partial charge in [-0.1, -0.05) is 50.6 Å². The molecule has 3 aromatic rings. The van der Waals surface area contributed by atoms with Crippen LogP contribution in [0.5, 0.6) is 5.75 Å². The zero-order valence-electron chi connectivity index (χ0n) is 18.6. The Kier molecular flexibility index (Phi) is 7.60. The van der Waals surface area contributed by atoms with E-state index in [4.69, 9.17) is 4.74 Å². The molecule has 0 saturated carbocycles. The average Bonchev–Trinajstić information content (AvgIpc) is 2.80. The molecule has 3 aromatic carbocycles. The van der Waals surface area contributed by atoms with Crippen molar-refractivity contribution in [2.45, 2.75) is 46.1 Å². The molecular weight excluding hydrogens is 404 g/mol. The van der Waals surface area contributed by atoms with Crippen molar-refractivity contribution in [2.75, 3.05) is 0 Å². The fraction of sp³-hybridized carbons (Fsp3) is 0.269. The molecule has 6 heteroatoms. The van der Waals surface area contributed by atoms with E-state index in [1.54, 1.807) is 54.6 Å². The van der Waals surface area contributed by atoms with E-state index in [9.17, 15) is 14.4 Å². The van der Waals surface area contributed by atoms with E-state index in [1.165, 1.54) is 11.9 Å². The van der Waals surface area contributed by atoms with Gasteiger partial charge < -0.3 is 4.74 Å². The van der Waals surface area contributed by atoms with E-state index in [0.29, 0.717) is 23.3 Å². The average molecular weight is 433 g/mol. The first-order valence-corrected chi connectivity index (χ1v) is 10.8. The monoisotopic (exact) mass is 432 g/mol. The zero-order valence-corrected chi connectivity index (χ0v) is 18.6. The first kappa shape index (κ1) is 23.0. The number of carbonyl (C=O) groups excluding carboxylic acids is 3. The second-order valence-electron chi connectivity index (χ2n) is 7.65. The Bertz CT molecular complexity index is 1110. The van der Waals surface area contributed by atoms with E-state index in [-0.39, 0.29) is 23.8 Å². The van der Waals surface area contributed by atoms with E-state index < -0.39 is 0 Å². The molecule has 0 spiro atoms. The molecular formula is C26H28N2O4. The fourth-order valence-electron chi connectivity index (χ4n) is 3.65. The molecule has 0 aliphatic carbocycles. The molecule has 0 saturated heterocycles. The number of hydrogen-bond acceptors (Lipinski definition) is 4. The van der Waals surface area contributed by atoms with Crippen molar-refractivity contribution in [3.63, 3.8) is 0 Å². The number of benzene rings is 3. The van der Waals surface area contributed by atoms with Crippen molar-refractivity contribution in [2.24, 2.45) is 0 Å². The quantitative estimate of drug-likeness (QED) is 0.319. The molecule has 0 heterocycles. The molecule has 0 aliphatic rings. The van der Waals surface area contributed by atoms with Gasteiger partial charge in [0, 0.05) is 18.1 Å². The van der Waals surface area contributed by atoms with Crippen LogP contribution in [-0.2, 0) is 4.79 Å². The number of rotatable bonds is 7. The minimum atomic E-state index is -0.387. The van der Waals surface area contributed by atoms with Crippen LogP contribution in [0, 0.1) is 0 Å². The van der Waals surface area contributed by atoms with Gasteiger partial charge in [0.25, 0.3) is 11.8 Å². The molecule has 0 aliphatic heterocycles. The Morgan fingerprint density at radius 3 is 2.25 bits per heavy atom. The molecule has 0 aromatic heterocycles. The third kappa shape index (κ3) is 5.52. The van der Waals surface area contributed by atoms with Gasteiger partial charge in [0.2, 0.25) is 0 Å². The number of fused-ring (bicyclic) bond motifs is 1. The Balaban J connectivity index is 1.91. The van der Waals surface area contributed by atoms with Crippen molar-refractivity contribution < 1.29 is 19.1 Å². The standard InChI is InChI=1S/C26H28N2O4/c1-4-9-23(5-2)28(27-25(30)19-10-7-6-8-11-19)26(31)22-13-12-21-17-24(32-18(3)29)15-14-20(21)16-22/h6-8,10-17,23H,4-5,9H2,1-3H3,(H,27,30). The summed E-state index contributed by atoms with van der Waals surface area (Å²) in [5, 5.41) is 3.15. The van der Waals surface area contributed by atoms with E-state index in [1.807, 2.05) is 19.1 Å². The second kappa shape index (κ2) is 10.6. The van der Waals surface area contributed by atoms with Crippen molar-refractivity contribution >= 4 is 28.6 Å². The second-order valence-corrected chi connectivity index (χ2v) is 7.65. The number of hydrogen-bond donors (Lipinski definition) is 1. The van der Waals surface area contributed by atoms with Crippen LogP contribution in [0.3, 0.4) is 0 Å². The van der Waals surface area contributed by atoms with Crippen molar-refractivity contribution in [1.29, 1.82) is 0 Å². The van der Waals surface area contributed by atoms with Crippen molar-refractivity contribution in [3.05, 3.63) is 77.9 Å². The lowest BCUT2D eigenvalue weighted by Gasteiger charge is -2.31. The minimum absolute atomic E-state index is 0.123. The van der Waals surface area contributed by atoms with Gasteiger partial charge in [-0.25, -0.2) is 5.01 Å². The topological polar surface area (TPSA) is 75.7 Å². The molecule has 6 nitrogen and oxygen atoms in total. The highest BCUT2D eigenvalue weighted by atomic mass is 16.5. The fourth-order valence-corrected chi connectivity index (χ4v) is 3.65. The van der Waals surface area contributed by atoms with Crippen molar-refractivity contribution in [3.8, 4) is 5.75 Å². The number of ether oxygens (including phenoxy) is 1. The minimum Gasteiger partial charge on any atom is -0.427 e. The lowest BCUT2D eigenvalue weighted by molar-refractivity contribution is -0.131. The summed E-state index contributed by atoms with van der Waals surface area (Å²) in [6.45, 7) is 5.41. The first-order chi connectivity index (χ1) is 15.4. The SMILES string of the molecule is CCCC(CC)N(NC(=O)c1ccccc1)C(=O)c1ccc2cc(OC(C)=O)ccc2c1. The highest BCUT2D eigenvalue weighted by molar-refractivity contribution is 6.01. The summed E-state index contributed by atoms with van der Waals surface area (Å²) in [7, 11) is 0. The lowest BCUT2D eigenvalue weighted by Crippen LogP contribution is -2.51. The molecule has 1 N–H and O–H groups in total. The highest BCUT2D eigenvalue weighted by Crippen LogP contribution is 2.24. The van der Waals surface area contributed by atoms with Crippen LogP contribution in [0.1, 0.15) is 60.7 Å². The van der Waals surface area contributed by atoms with Crippen LogP contribution in [0.4, 0.5) is 0 Å². The van der Waals surface area contributed by atoms with Crippen LogP contribution in [0.2, 0.25) is 0 Å². The summed E-state index contributed by atoms with van der Waals surface area (Å²) in [6, 6.07) is 19.3. The van der Waals surface area contributed by atoms with Gasteiger partial charge in [0.15, 0.2) is 0 Å². The smallest absolute Gasteiger partial charge is 0.308 e. The van der Waals surface area contributed by atoms with Gasteiger partial charge in [-0.05, 0) is 60.0 Å². The van der Waals surface area contributed by atoms with Crippen LogP contribution in [0.15, 0.2) is 66.7 Å². The van der Waals surface area contributed by atoms with Crippen LogP contribution in [0.25, 0.3) is 10.8 Å². The van der Waals surface area contributed by atoms with Crippen LogP contribution in [-0.4, -0.2) is 28.8 Å². The maximum absolute atomic E-state index is 13.5. The van der Waals surface area contributed by atoms with Crippen molar-refractivity contribution in [1.82, 2.24) is 10.4 Å². The van der Waals surface area contributed by atoms with Gasteiger partial charge in [0.1, 0.15) is 5.75 Å². The number of hydrazine groups is 1. The highest BCUT2D eigenvalue weighted by Gasteiger charge is 2.25. The molecule has 2 amide bonds. The summed E-state index contributed by atoms with van der Waals surface area (Å²) in [6.07, 6.45) is 2.38. The maximum atomic E-state index is 13.5. The third-order valence-corrected chi connectivity index (χ3v) is 5.26. The zero-order chi connectivity index (χ0) is 23.1. The third-order valence-electron chi connectivity index (χ3n) is 5.26. The number of amides is 2. The Labute approximate surface area is 188 Å². The Hall–Kier alpha value is -3.67. The summed E-state index contributed by atoms with van der Waals surface area (Å²) in [5.74, 6) is -0.516. The molecule has 1 unspecified atom stereocenters. The number of carbonyl (C=O) groups is 3. The van der Waals surface area contributed by atoms with E-state index in [0.717, 1.165) is 23.6 Å². The lowest BCUT2D eigenvalue weighted by atomic mass is 10.0. The Morgan fingerprint density at radius 2 is 1.59 bits per heavy atom. The molecule has 0 fully saturated rings. The molecule has 0 bridgehead atoms. The molecule has 0 radical (unpaired) electrons. The van der Waals surface area contributed by atoms with E-state index >= 15 is 0 Å². The predicted octanol–water partition coefficient (Wildman–Crippen LogP) is 5.13. The summed E-state index contributed by atoms with van der Waals surface area (Å²) in [5.41, 5.74) is 3.80. The maximum Gasteiger partial charge on any atom is 0.308 e. The number of esters is 1. The molecule has 32 heavy (non-hydrogen) atoms. The normalized spacial score (nSPS) is 11.6. The predicted molar refractivity (Wildman–Crippen MR) is 124 cm³/mol. The van der Waals surface area contributed by atoms with Gasteiger partial charge >= 0.3 is 5.97 Å². The number of nitrogens with one attached hydrogen (secondary N) is 1. The number of nitrogens with zero attached hydrogens (tertiary/aromatic N) is 1. The largest absolute Gasteiger partial charge is 0.427 e. The van der Waals surface area contributed by atoms with Gasteiger partial charge in [-0.2, -0.15) is 0 Å². The first-order valence-electron chi connectivity index (χ1n) is 10.8. The van der Waals surface area contributed by atoms with Crippen LogP contribution < -0.4 is 10.2 Å². The summed E-state index contributed by atoms with van der Waals surface area (Å²) < 4.78 is 5.14. The van der Waals surface area contributed by atoms with Crippen LogP contribution >= 0.6 is 0 Å². The van der Waals surface area contributed by atoms with Gasteiger partial charge in [0.05, 0.1) is 6.04 Å². The summed E-state index contributed by atoms with van der Waals surface area (Å²) >= 11 is 0. The molecule has 166 valence electrons. The Morgan fingerprint density at radius 1 is 0.906 bits per heavy atom. The molecule has 1 atom stereocenters. The molecule has 3 rings (SSSR count). The van der Waals surface area contributed by atoms with Gasteiger partial charge in [-0.15, -0.1) is 0 Å². The van der Waals surface area contributed by atoms with E-state index in [2.05, 4.69) is 12.3 Å².